The van der Waals surface area contributed by atoms with Gasteiger partial charge in [0, 0.05) is 23.1 Å². The fourth-order valence-electron chi connectivity index (χ4n) is 3.65. The van der Waals surface area contributed by atoms with Crippen molar-refractivity contribution in [3.63, 3.8) is 0 Å². The highest BCUT2D eigenvalue weighted by atomic mass is 32.2. The summed E-state index contributed by atoms with van der Waals surface area (Å²) in [7, 11) is 0. The van der Waals surface area contributed by atoms with Crippen LogP contribution in [-0.4, -0.2) is 33.5 Å². The average Bonchev–Trinajstić information content (AvgIpc) is 2.92. The van der Waals surface area contributed by atoms with E-state index < -0.39 is 0 Å². The molecule has 1 aliphatic rings. The highest BCUT2D eigenvalue weighted by Gasteiger charge is 2.36. The van der Waals surface area contributed by atoms with Crippen molar-refractivity contribution in [1.82, 2.24) is 10.1 Å². The highest BCUT2D eigenvalue weighted by molar-refractivity contribution is 8.00. The lowest BCUT2D eigenvalue weighted by Gasteiger charge is -2.41. The van der Waals surface area contributed by atoms with E-state index in [9.17, 15) is 4.79 Å². The molecule has 0 N–H and O–H groups in total. The molecule has 128 valence electrons. The van der Waals surface area contributed by atoms with Gasteiger partial charge in [0.25, 0.3) is 0 Å². The molecule has 1 aromatic heterocycles. The maximum atomic E-state index is 13.3. The number of hydrogen-bond donors (Lipinski definition) is 0. The van der Waals surface area contributed by atoms with Gasteiger partial charge in [-0.05, 0) is 26.3 Å². The lowest BCUT2D eigenvalue weighted by atomic mass is 9.95. The maximum Gasteiger partial charge on any atom is 0.230 e. The Morgan fingerprint density at radius 1 is 1.33 bits per heavy atom. The predicted octanol–water partition coefficient (Wildman–Crippen LogP) is 4.10. The lowest BCUT2D eigenvalue weighted by Crippen LogP contribution is -2.45. The van der Waals surface area contributed by atoms with Crippen molar-refractivity contribution in [2.24, 2.45) is 0 Å². The summed E-state index contributed by atoms with van der Waals surface area (Å²) >= 11 is 1.93. The second-order valence-electron chi connectivity index (χ2n) is 6.42. The second-order valence-corrected chi connectivity index (χ2v) is 7.91. The fraction of sp³-hybridized carbons (Fsp3) is 0.474. The Morgan fingerprint density at radius 3 is 2.67 bits per heavy atom. The minimum absolute atomic E-state index is 0.111. The lowest BCUT2D eigenvalue weighted by molar-refractivity contribution is -0.135. The van der Waals surface area contributed by atoms with E-state index in [2.05, 4.69) is 24.2 Å². The normalized spacial score (nSPS) is 22.4. The number of carbonyl (C=O) groups is 1. The third kappa shape index (κ3) is 3.09. The molecular formula is C19H24N2O2S. The van der Waals surface area contributed by atoms with E-state index in [4.69, 9.17) is 4.52 Å². The molecular weight excluding hydrogens is 320 g/mol. The van der Waals surface area contributed by atoms with Gasteiger partial charge in [-0.3, -0.25) is 4.79 Å². The van der Waals surface area contributed by atoms with Crippen LogP contribution in [0.3, 0.4) is 0 Å². The molecule has 0 radical (unpaired) electrons. The van der Waals surface area contributed by atoms with Crippen molar-refractivity contribution in [2.75, 3.05) is 12.3 Å². The molecule has 4 nitrogen and oxygen atoms in total. The number of amides is 1. The quantitative estimate of drug-likeness (QED) is 0.841. The van der Waals surface area contributed by atoms with Gasteiger partial charge in [-0.2, -0.15) is 11.8 Å². The van der Waals surface area contributed by atoms with Gasteiger partial charge >= 0.3 is 0 Å². The van der Waals surface area contributed by atoms with Crippen LogP contribution in [-0.2, 0) is 4.79 Å². The monoisotopic (exact) mass is 344 g/mol. The molecule has 3 atom stereocenters. The molecule has 1 saturated heterocycles. The van der Waals surface area contributed by atoms with E-state index in [0.29, 0.717) is 5.25 Å². The molecule has 3 rings (SSSR count). The summed E-state index contributed by atoms with van der Waals surface area (Å²) in [4.78, 5) is 15.3. The van der Waals surface area contributed by atoms with Crippen LogP contribution in [0.2, 0.25) is 0 Å². The summed E-state index contributed by atoms with van der Waals surface area (Å²) in [5, 5.41) is 4.38. The van der Waals surface area contributed by atoms with E-state index in [-0.39, 0.29) is 17.9 Å². The van der Waals surface area contributed by atoms with Gasteiger partial charge in [0.15, 0.2) is 0 Å². The van der Waals surface area contributed by atoms with Gasteiger partial charge in [0.1, 0.15) is 5.76 Å². The Labute approximate surface area is 147 Å². The number of thioether (sulfide) groups is 1. The van der Waals surface area contributed by atoms with Crippen LogP contribution in [0.5, 0.6) is 0 Å². The standard InChI is InChI=1S/C19H24N2O2S/c1-12(17-13(2)20-23-14(17)3)19(22)21-10-11-24-15(4)18(21)16-8-6-5-7-9-16/h5-9,12,15,18H,10-11H2,1-4H3. The zero-order chi connectivity index (χ0) is 17.3. The Morgan fingerprint density at radius 2 is 2.04 bits per heavy atom. The molecule has 0 bridgehead atoms. The van der Waals surface area contributed by atoms with Crippen LogP contribution in [0.15, 0.2) is 34.9 Å². The van der Waals surface area contributed by atoms with Gasteiger partial charge in [-0.1, -0.05) is 42.4 Å². The van der Waals surface area contributed by atoms with Crippen molar-refractivity contribution in [3.8, 4) is 0 Å². The SMILES string of the molecule is Cc1noc(C)c1C(C)C(=O)N1CCSC(C)C1c1ccccc1. The van der Waals surface area contributed by atoms with Crippen LogP contribution in [0.1, 0.15) is 48.4 Å². The zero-order valence-corrected chi connectivity index (χ0v) is 15.5. The summed E-state index contributed by atoms with van der Waals surface area (Å²) in [5.41, 5.74) is 2.94. The molecule has 0 spiro atoms. The molecule has 0 saturated carbocycles. The first-order valence-corrected chi connectivity index (χ1v) is 9.45. The number of carbonyl (C=O) groups excluding carboxylic acids is 1. The van der Waals surface area contributed by atoms with Crippen molar-refractivity contribution in [3.05, 3.63) is 52.9 Å². The molecule has 1 amide bonds. The minimum Gasteiger partial charge on any atom is -0.361 e. The Balaban J connectivity index is 1.92. The van der Waals surface area contributed by atoms with Gasteiger partial charge in [0.05, 0.1) is 17.7 Å². The summed E-state index contributed by atoms with van der Waals surface area (Å²) in [6, 6.07) is 10.5. The largest absolute Gasteiger partial charge is 0.361 e. The molecule has 1 aliphatic heterocycles. The average molecular weight is 344 g/mol. The Kier molecular flexibility index (Phi) is 4.99. The molecule has 1 fully saturated rings. The van der Waals surface area contributed by atoms with Gasteiger partial charge < -0.3 is 9.42 Å². The number of nitrogens with zero attached hydrogens (tertiary/aromatic N) is 2. The third-order valence-electron chi connectivity index (χ3n) is 4.81. The van der Waals surface area contributed by atoms with Crippen molar-refractivity contribution >= 4 is 17.7 Å². The van der Waals surface area contributed by atoms with Crippen LogP contribution in [0.4, 0.5) is 0 Å². The summed E-state index contributed by atoms with van der Waals surface area (Å²) in [6.07, 6.45) is 0. The zero-order valence-electron chi connectivity index (χ0n) is 14.7. The maximum absolute atomic E-state index is 13.3. The second kappa shape index (κ2) is 7.01. The Hall–Kier alpha value is -1.75. The van der Waals surface area contributed by atoms with Crippen LogP contribution < -0.4 is 0 Å². The molecule has 5 heteroatoms. The Bertz CT molecular complexity index is 694. The third-order valence-corrected chi connectivity index (χ3v) is 6.01. The van der Waals surface area contributed by atoms with Crippen molar-refractivity contribution < 1.29 is 9.32 Å². The molecule has 0 aliphatic carbocycles. The number of hydrogen-bond acceptors (Lipinski definition) is 4. The van der Waals surface area contributed by atoms with E-state index in [1.807, 2.05) is 55.6 Å². The predicted molar refractivity (Wildman–Crippen MR) is 97.2 cm³/mol. The van der Waals surface area contributed by atoms with Gasteiger partial charge in [-0.15, -0.1) is 0 Å². The first-order valence-electron chi connectivity index (χ1n) is 8.40. The van der Waals surface area contributed by atoms with E-state index in [1.54, 1.807) is 0 Å². The van der Waals surface area contributed by atoms with Gasteiger partial charge in [0.2, 0.25) is 5.91 Å². The topological polar surface area (TPSA) is 46.3 Å². The fourth-order valence-corrected chi connectivity index (χ4v) is 4.81. The first kappa shape index (κ1) is 17.1. The summed E-state index contributed by atoms with van der Waals surface area (Å²) in [5.74, 6) is 1.64. The summed E-state index contributed by atoms with van der Waals surface area (Å²) in [6.45, 7) is 8.73. The van der Waals surface area contributed by atoms with Crippen molar-refractivity contribution in [2.45, 2.75) is 44.9 Å². The minimum atomic E-state index is -0.238. The number of aryl methyl sites for hydroxylation is 2. The number of aromatic nitrogens is 1. The molecule has 2 heterocycles. The van der Waals surface area contributed by atoms with Crippen LogP contribution in [0.25, 0.3) is 0 Å². The van der Waals surface area contributed by atoms with Crippen LogP contribution in [0, 0.1) is 13.8 Å². The van der Waals surface area contributed by atoms with Gasteiger partial charge in [-0.25, -0.2) is 0 Å². The smallest absolute Gasteiger partial charge is 0.230 e. The van der Waals surface area contributed by atoms with Crippen LogP contribution >= 0.6 is 11.8 Å². The molecule has 24 heavy (non-hydrogen) atoms. The number of benzene rings is 1. The van der Waals surface area contributed by atoms with E-state index >= 15 is 0 Å². The van der Waals surface area contributed by atoms with E-state index in [0.717, 1.165) is 29.3 Å². The number of rotatable bonds is 3. The van der Waals surface area contributed by atoms with Crippen molar-refractivity contribution in [1.29, 1.82) is 0 Å². The highest BCUT2D eigenvalue weighted by Crippen LogP contribution is 2.38. The van der Waals surface area contributed by atoms with E-state index in [1.165, 1.54) is 5.56 Å². The summed E-state index contributed by atoms with van der Waals surface area (Å²) < 4.78 is 5.26. The molecule has 2 aromatic rings. The molecule has 1 aromatic carbocycles. The molecule has 3 unspecified atom stereocenters. The first-order chi connectivity index (χ1) is 11.5.